The Morgan fingerprint density at radius 1 is 0.636 bits per heavy atom. The van der Waals surface area contributed by atoms with E-state index in [1.165, 1.54) is 46.9 Å². The number of thiophene rings is 2. The van der Waals surface area contributed by atoms with Crippen LogP contribution in [0.1, 0.15) is 83.8 Å². The predicted molar refractivity (Wildman–Crippen MR) is 218 cm³/mol. The van der Waals surface area contributed by atoms with Gasteiger partial charge in [0.25, 0.3) is 0 Å². The molecule has 0 radical (unpaired) electrons. The first-order valence-electron chi connectivity index (χ1n) is 18.9. The van der Waals surface area contributed by atoms with E-state index in [9.17, 15) is 28.0 Å². The fourth-order valence-corrected chi connectivity index (χ4v) is 14.1. The Hall–Kier alpha value is -3.90. The molecule has 55 heavy (non-hydrogen) atoms. The molecule has 2 unspecified atom stereocenters. The second kappa shape index (κ2) is 17.5. The van der Waals surface area contributed by atoms with Crippen LogP contribution in [-0.2, 0) is 9.59 Å². The van der Waals surface area contributed by atoms with Gasteiger partial charge in [-0.05, 0) is 0 Å². The van der Waals surface area contributed by atoms with Crippen molar-refractivity contribution in [2.24, 2.45) is 11.8 Å². The molecular weight excluding hydrogens is 806 g/mol. The normalized spacial score (nSPS) is 15.5. The molecule has 0 aliphatic carbocycles. The Bertz CT molecular complexity index is 1940. The zero-order valence-corrected chi connectivity index (χ0v) is 35.4. The standard InChI is InChI=1S/C42H48F2N4O4S2Se/c1-23(2)35(39(51)47-17-7-8-18-47)45-37(49)33-31(27-13-11-15-29(43)21-27)25(5)53-41(33)55-42-34(32(26(6)54-42)28-14-12-16-30(44)22-28)38(50)46-36(24(3)4)40(52)48-19-9-10-20-48/h11-16,21-24,35-36H,7-10,17-20H2,1-6H3,(H,45,49)(H,46,50). The van der Waals surface area contributed by atoms with Gasteiger partial charge in [0.05, 0.1) is 0 Å². The van der Waals surface area contributed by atoms with Crippen LogP contribution in [0.15, 0.2) is 48.5 Å². The number of halogens is 2. The number of likely N-dealkylation sites (tertiary alicyclic amines) is 2. The number of aryl methyl sites for hydroxylation is 2. The van der Waals surface area contributed by atoms with Crippen LogP contribution in [-0.4, -0.2) is 86.6 Å². The molecule has 6 rings (SSSR count). The molecule has 4 aromatic rings. The first kappa shape index (κ1) is 40.8. The van der Waals surface area contributed by atoms with Crippen LogP contribution < -0.4 is 18.2 Å². The van der Waals surface area contributed by atoms with E-state index in [-0.39, 0.29) is 23.7 Å². The van der Waals surface area contributed by atoms with E-state index >= 15 is 0 Å². The molecule has 2 saturated heterocycles. The first-order valence-corrected chi connectivity index (χ1v) is 22.3. The minimum absolute atomic E-state index is 0.122. The third-order valence-electron chi connectivity index (χ3n) is 10.2. The summed E-state index contributed by atoms with van der Waals surface area (Å²) in [4.78, 5) is 61.8. The van der Waals surface area contributed by atoms with Crippen molar-refractivity contribution in [3.8, 4) is 22.3 Å². The average Bonchev–Trinajstić information content (AvgIpc) is 3.96. The van der Waals surface area contributed by atoms with Crippen molar-refractivity contribution in [3.05, 3.63) is 81.0 Å². The number of benzene rings is 2. The quantitative estimate of drug-likeness (QED) is 0.160. The van der Waals surface area contributed by atoms with Gasteiger partial charge >= 0.3 is 338 Å². The van der Waals surface area contributed by atoms with Gasteiger partial charge in [-0.15, -0.1) is 0 Å². The number of hydrogen-bond acceptors (Lipinski definition) is 6. The number of rotatable bonds is 12. The molecule has 0 bridgehead atoms. The number of amides is 4. The molecule has 0 spiro atoms. The van der Waals surface area contributed by atoms with Gasteiger partial charge in [-0.25, -0.2) is 0 Å². The summed E-state index contributed by atoms with van der Waals surface area (Å²) in [5.41, 5.74) is 2.93. The third kappa shape index (κ3) is 8.90. The monoisotopic (exact) mass is 854 g/mol. The van der Waals surface area contributed by atoms with E-state index in [0.717, 1.165) is 35.4 Å². The maximum absolute atomic E-state index is 14.7. The number of nitrogens with one attached hydrogen (secondary N) is 2. The molecule has 8 nitrogen and oxygen atoms in total. The van der Waals surface area contributed by atoms with Crippen LogP contribution in [0, 0.1) is 37.3 Å². The maximum atomic E-state index is 14.7. The van der Waals surface area contributed by atoms with Gasteiger partial charge in [0.1, 0.15) is 0 Å². The Balaban J connectivity index is 1.46. The molecule has 2 atom stereocenters. The zero-order valence-electron chi connectivity index (χ0n) is 32.1. The number of nitrogens with zero attached hydrogens (tertiary/aromatic N) is 2. The van der Waals surface area contributed by atoms with Crippen LogP contribution in [0.4, 0.5) is 8.78 Å². The van der Waals surface area contributed by atoms with E-state index in [1.54, 1.807) is 34.1 Å². The second-order valence-electron chi connectivity index (χ2n) is 15.0. The summed E-state index contributed by atoms with van der Waals surface area (Å²) in [5.74, 6) is -2.39. The summed E-state index contributed by atoms with van der Waals surface area (Å²) < 4.78 is 30.8. The zero-order chi connectivity index (χ0) is 39.6. The molecule has 292 valence electrons. The minimum atomic E-state index is -0.766. The topological polar surface area (TPSA) is 98.8 Å². The molecule has 0 saturated carbocycles. The van der Waals surface area contributed by atoms with E-state index in [2.05, 4.69) is 10.6 Å². The van der Waals surface area contributed by atoms with Gasteiger partial charge in [0.15, 0.2) is 0 Å². The predicted octanol–water partition coefficient (Wildman–Crippen LogP) is 6.45. The molecular formula is C42H48F2N4O4S2Se. The van der Waals surface area contributed by atoms with E-state index in [0.29, 0.717) is 67.1 Å². The van der Waals surface area contributed by atoms with Gasteiger partial charge < -0.3 is 0 Å². The van der Waals surface area contributed by atoms with E-state index < -0.39 is 50.5 Å². The SMILES string of the molecule is Cc1sc([Se]c2sc(C)c(-c3cccc(F)c3)c2C(=O)NC(C(=O)N2CCCC2)C(C)C)c(C(=O)NC(C(=O)N2CCCC2)C(C)C)c1-c1cccc(F)c1. The Labute approximate surface area is 336 Å². The van der Waals surface area contributed by atoms with Crippen molar-refractivity contribution in [3.63, 3.8) is 0 Å². The summed E-state index contributed by atoms with van der Waals surface area (Å²) in [6, 6.07) is 10.7. The van der Waals surface area contributed by atoms with E-state index in [1.807, 2.05) is 41.5 Å². The number of hydrogen-bond donors (Lipinski definition) is 2. The molecule has 2 fully saturated rings. The molecule has 4 heterocycles. The second-order valence-corrected chi connectivity index (χ2v) is 20.7. The molecule has 4 amide bonds. The molecule has 2 N–H and O–H groups in total. The fourth-order valence-electron chi connectivity index (χ4n) is 7.38. The van der Waals surface area contributed by atoms with Gasteiger partial charge in [-0.2, -0.15) is 0 Å². The van der Waals surface area contributed by atoms with Crippen LogP contribution in [0.2, 0.25) is 0 Å². The Morgan fingerprint density at radius 3 is 1.33 bits per heavy atom. The van der Waals surface area contributed by atoms with Crippen molar-refractivity contribution < 1.29 is 28.0 Å². The summed E-state index contributed by atoms with van der Waals surface area (Å²) in [6.45, 7) is 14.0. The van der Waals surface area contributed by atoms with Gasteiger partial charge in [0.2, 0.25) is 0 Å². The van der Waals surface area contributed by atoms with Crippen molar-refractivity contribution in [1.29, 1.82) is 0 Å². The Morgan fingerprint density at radius 2 is 1.00 bits per heavy atom. The molecule has 13 heteroatoms. The molecule has 2 aromatic heterocycles. The number of carbonyl (C=O) groups is 4. The fraction of sp³-hybridized carbons (Fsp3) is 0.429. The van der Waals surface area contributed by atoms with Crippen molar-refractivity contribution in [2.45, 2.75) is 79.3 Å². The average molecular weight is 854 g/mol. The van der Waals surface area contributed by atoms with Crippen LogP contribution in [0.25, 0.3) is 22.3 Å². The van der Waals surface area contributed by atoms with Crippen LogP contribution in [0.5, 0.6) is 0 Å². The Kier molecular flexibility index (Phi) is 13.0. The van der Waals surface area contributed by atoms with Crippen molar-refractivity contribution in [2.75, 3.05) is 26.2 Å². The summed E-state index contributed by atoms with van der Waals surface area (Å²) in [5, 5.41) is 6.14. The number of carbonyl (C=O) groups excluding carboxylic acids is 4. The summed E-state index contributed by atoms with van der Waals surface area (Å²) >= 11 is 2.17. The van der Waals surface area contributed by atoms with Crippen molar-refractivity contribution >= 4 is 68.8 Å². The summed E-state index contributed by atoms with van der Waals surface area (Å²) in [7, 11) is 0. The van der Waals surface area contributed by atoms with Gasteiger partial charge in [-0.1, -0.05) is 0 Å². The summed E-state index contributed by atoms with van der Waals surface area (Å²) in [6.07, 6.45) is 3.68. The third-order valence-corrected chi connectivity index (χ3v) is 15.6. The van der Waals surface area contributed by atoms with E-state index in [4.69, 9.17) is 0 Å². The van der Waals surface area contributed by atoms with Gasteiger partial charge in [-0.3, -0.25) is 0 Å². The molecule has 2 aliphatic rings. The molecule has 2 aliphatic heterocycles. The van der Waals surface area contributed by atoms with Crippen LogP contribution >= 0.6 is 22.7 Å². The van der Waals surface area contributed by atoms with Crippen LogP contribution in [0.3, 0.4) is 0 Å². The first-order chi connectivity index (χ1) is 26.2. The van der Waals surface area contributed by atoms with Crippen molar-refractivity contribution in [1.82, 2.24) is 20.4 Å². The molecule has 2 aromatic carbocycles. The van der Waals surface area contributed by atoms with Gasteiger partial charge in [0, 0.05) is 0 Å².